The fourth-order valence-electron chi connectivity index (χ4n) is 5.09. The summed E-state index contributed by atoms with van der Waals surface area (Å²) in [5, 5.41) is 0. The van der Waals surface area contributed by atoms with Crippen LogP contribution in [0.2, 0.25) is 0 Å². The lowest BCUT2D eigenvalue weighted by Gasteiger charge is -2.30. The van der Waals surface area contributed by atoms with Crippen molar-refractivity contribution in [2.45, 2.75) is 25.9 Å². The molecule has 1 fully saturated rings. The molecule has 0 unspecified atom stereocenters. The zero-order valence-electron chi connectivity index (χ0n) is 20.7. The molecule has 0 atom stereocenters. The second kappa shape index (κ2) is 11.0. The summed E-state index contributed by atoms with van der Waals surface area (Å²) < 4.78 is 10.9. The predicted molar refractivity (Wildman–Crippen MR) is 139 cm³/mol. The van der Waals surface area contributed by atoms with E-state index in [1.165, 1.54) is 12.7 Å². The molecular formula is C30H32N2O4. The van der Waals surface area contributed by atoms with Gasteiger partial charge in [0.25, 0.3) is 5.91 Å². The Balaban J connectivity index is 1.25. The van der Waals surface area contributed by atoms with Crippen LogP contribution in [-0.2, 0) is 22.6 Å². The van der Waals surface area contributed by atoms with Crippen molar-refractivity contribution >= 4 is 11.9 Å². The summed E-state index contributed by atoms with van der Waals surface area (Å²) in [7, 11) is 1.46. The van der Waals surface area contributed by atoms with Crippen molar-refractivity contribution in [3.05, 3.63) is 89.5 Å². The van der Waals surface area contributed by atoms with Gasteiger partial charge in [-0.3, -0.25) is 14.5 Å². The summed E-state index contributed by atoms with van der Waals surface area (Å²) in [5.41, 5.74) is 5.13. The Labute approximate surface area is 212 Å². The summed E-state index contributed by atoms with van der Waals surface area (Å²) in [4.78, 5) is 29.4. The molecule has 3 aromatic rings. The van der Waals surface area contributed by atoms with Gasteiger partial charge in [-0.2, -0.15) is 0 Å². The minimum Gasteiger partial charge on any atom is -0.491 e. The van der Waals surface area contributed by atoms with Crippen LogP contribution in [0.3, 0.4) is 0 Å². The molecule has 36 heavy (non-hydrogen) atoms. The molecule has 3 aromatic carbocycles. The molecule has 5 rings (SSSR count). The Kier molecular flexibility index (Phi) is 7.33. The highest BCUT2D eigenvalue weighted by molar-refractivity contribution is 5.94. The third-order valence-electron chi connectivity index (χ3n) is 7.16. The van der Waals surface area contributed by atoms with Crippen molar-refractivity contribution in [1.29, 1.82) is 0 Å². The van der Waals surface area contributed by atoms with Gasteiger partial charge in [0.1, 0.15) is 12.4 Å². The number of carbonyl (C=O) groups is 2. The van der Waals surface area contributed by atoms with E-state index in [0.29, 0.717) is 25.3 Å². The SMILES string of the molecule is COC(=O)C1CCN(Cc2ccc3c(c2)CN(C(=O)c2ccc(-c4ccccc4)cc2)CCO3)CC1. The van der Waals surface area contributed by atoms with Gasteiger partial charge in [-0.1, -0.05) is 48.5 Å². The molecule has 0 radical (unpaired) electrons. The highest BCUT2D eigenvalue weighted by Gasteiger charge is 2.26. The number of methoxy groups -OCH3 is 1. The van der Waals surface area contributed by atoms with Crippen molar-refractivity contribution < 1.29 is 19.1 Å². The number of rotatable bonds is 5. The average molecular weight is 485 g/mol. The van der Waals surface area contributed by atoms with Crippen LogP contribution in [0.4, 0.5) is 0 Å². The first-order chi connectivity index (χ1) is 17.6. The van der Waals surface area contributed by atoms with Gasteiger partial charge in [-0.15, -0.1) is 0 Å². The van der Waals surface area contributed by atoms with E-state index >= 15 is 0 Å². The van der Waals surface area contributed by atoms with E-state index < -0.39 is 0 Å². The predicted octanol–water partition coefficient (Wildman–Crippen LogP) is 4.77. The van der Waals surface area contributed by atoms with E-state index in [1.807, 2.05) is 53.4 Å². The van der Waals surface area contributed by atoms with Crippen LogP contribution in [0.15, 0.2) is 72.8 Å². The van der Waals surface area contributed by atoms with E-state index in [2.05, 4.69) is 29.2 Å². The Morgan fingerprint density at radius 3 is 2.36 bits per heavy atom. The zero-order chi connectivity index (χ0) is 24.9. The topological polar surface area (TPSA) is 59.1 Å². The normalized spacial score (nSPS) is 16.5. The van der Waals surface area contributed by atoms with Crippen LogP contribution in [0, 0.1) is 5.92 Å². The zero-order valence-corrected chi connectivity index (χ0v) is 20.7. The van der Waals surface area contributed by atoms with Crippen molar-refractivity contribution in [3.63, 3.8) is 0 Å². The summed E-state index contributed by atoms with van der Waals surface area (Å²) in [6.45, 7) is 4.10. The Morgan fingerprint density at radius 1 is 0.917 bits per heavy atom. The quantitative estimate of drug-likeness (QED) is 0.488. The van der Waals surface area contributed by atoms with Crippen LogP contribution < -0.4 is 4.74 Å². The number of likely N-dealkylation sites (tertiary alicyclic amines) is 1. The molecule has 6 heteroatoms. The van der Waals surface area contributed by atoms with Gasteiger partial charge in [0.15, 0.2) is 0 Å². The Hall–Kier alpha value is -3.64. The van der Waals surface area contributed by atoms with Crippen molar-refractivity contribution in [2.24, 2.45) is 5.92 Å². The number of hydrogen-bond donors (Lipinski definition) is 0. The molecule has 2 aliphatic rings. The molecular weight excluding hydrogens is 452 g/mol. The molecule has 0 N–H and O–H groups in total. The second-order valence-corrected chi connectivity index (χ2v) is 9.53. The van der Waals surface area contributed by atoms with Crippen LogP contribution in [0.5, 0.6) is 5.75 Å². The Morgan fingerprint density at radius 2 is 1.64 bits per heavy atom. The number of piperidine rings is 1. The van der Waals surface area contributed by atoms with Gasteiger partial charge in [0.05, 0.1) is 19.6 Å². The molecule has 0 saturated carbocycles. The molecule has 0 aromatic heterocycles. The maximum Gasteiger partial charge on any atom is 0.308 e. The molecule has 1 saturated heterocycles. The number of nitrogens with zero attached hydrogens (tertiary/aromatic N) is 2. The first kappa shape index (κ1) is 24.1. The van der Waals surface area contributed by atoms with Crippen molar-refractivity contribution in [3.8, 4) is 16.9 Å². The average Bonchev–Trinajstić information content (AvgIpc) is 3.15. The molecule has 2 heterocycles. The van der Waals surface area contributed by atoms with Gasteiger partial charge in [0, 0.05) is 24.2 Å². The van der Waals surface area contributed by atoms with Gasteiger partial charge in [-0.25, -0.2) is 0 Å². The Bertz CT molecular complexity index is 1200. The van der Waals surface area contributed by atoms with Crippen LogP contribution in [0.25, 0.3) is 11.1 Å². The summed E-state index contributed by atoms with van der Waals surface area (Å²) in [6, 6.07) is 24.3. The summed E-state index contributed by atoms with van der Waals surface area (Å²) in [5.74, 6) is 0.767. The number of fused-ring (bicyclic) bond motifs is 1. The lowest BCUT2D eigenvalue weighted by Crippen LogP contribution is -2.36. The van der Waals surface area contributed by atoms with Crippen LogP contribution >= 0.6 is 0 Å². The molecule has 2 aliphatic heterocycles. The number of hydrogen-bond acceptors (Lipinski definition) is 5. The maximum absolute atomic E-state index is 13.3. The molecule has 0 aliphatic carbocycles. The maximum atomic E-state index is 13.3. The van der Waals surface area contributed by atoms with Crippen molar-refractivity contribution in [2.75, 3.05) is 33.4 Å². The third kappa shape index (κ3) is 5.44. The molecule has 6 nitrogen and oxygen atoms in total. The monoisotopic (exact) mass is 484 g/mol. The fraction of sp³-hybridized carbons (Fsp3) is 0.333. The number of amides is 1. The van der Waals surface area contributed by atoms with Crippen LogP contribution in [0.1, 0.15) is 34.3 Å². The third-order valence-corrected chi connectivity index (χ3v) is 7.16. The lowest BCUT2D eigenvalue weighted by molar-refractivity contribution is -0.147. The molecule has 1 amide bonds. The number of ether oxygens (including phenoxy) is 2. The minimum atomic E-state index is -0.101. The van der Waals surface area contributed by atoms with E-state index in [-0.39, 0.29) is 17.8 Å². The smallest absolute Gasteiger partial charge is 0.308 e. The molecule has 0 bridgehead atoms. The lowest BCUT2D eigenvalue weighted by atomic mass is 9.96. The van der Waals surface area contributed by atoms with Gasteiger partial charge >= 0.3 is 5.97 Å². The summed E-state index contributed by atoms with van der Waals surface area (Å²) in [6.07, 6.45) is 1.65. The van der Waals surface area contributed by atoms with E-state index in [1.54, 1.807) is 0 Å². The van der Waals surface area contributed by atoms with Crippen LogP contribution in [-0.4, -0.2) is 55.0 Å². The minimum absolute atomic E-state index is 0.00743. The van der Waals surface area contributed by atoms with E-state index in [4.69, 9.17) is 9.47 Å². The number of esters is 1. The fourth-order valence-corrected chi connectivity index (χ4v) is 5.09. The first-order valence-corrected chi connectivity index (χ1v) is 12.6. The highest BCUT2D eigenvalue weighted by Crippen LogP contribution is 2.28. The second-order valence-electron chi connectivity index (χ2n) is 9.53. The number of carbonyl (C=O) groups excluding carboxylic acids is 2. The summed E-state index contributed by atoms with van der Waals surface area (Å²) >= 11 is 0. The van der Waals surface area contributed by atoms with Gasteiger partial charge in [0.2, 0.25) is 0 Å². The standard InChI is InChI=1S/C30H32N2O4/c1-35-30(34)26-13-15-31(16-14-26)20-22-7-12-28-27(19-22)21-32(17-18-36-28)29(33)25-10-8-24(9-11-25)23-5-3-2-4-6-23/h2-12,19,26H,13-18,20-21H2,1H3. The van der Waals surface area contributed by atoms with E-state index in [9.17, 15) is 9.59 Å². The molecule has 186 valence electrons. The van der Waals surface area contributed by atoms with Crippen molar-refractivity contribution in [1.82, 2.24) is 9.80 Å². The van der Waals surface area contributed by atoms with Gasteiger partial charge in [-0.05, 0) is 66.9 Å². The first-order valence-electron chi connectivity index (χ1n) is 12.6. The molecule has 0 spiro atoms. The largest absolute Gasteiger partial charge is 0.491 e. The number of benzene rings is 3. The van der Waals surface area contributed by atoms with Gasteiger partial charge < -0.3 is 14.4 Å². The highest BCUT2D eigenvalue weighted by atomic mass is 16.5. The van der Waals surface area contributed by atoms with E-state index in [0.717, 1.165) is 54.9 Å².